The number of hydrogen-bond donors (Lipinski definition) is 1. The molecule has 0 spiro atoms. The number of hydrogen-bond acceptors (Lipinski definition) is 2. The van der Waals surface area contributed by atoms with Crippen molar-refractivity contribution in [1.82, 2.24) is 0 Å². The van der Waals surface area contributed by atoms with Gasteiger partial charge in [-0.2, -0.15) is 0 Å². The topological polar surface area (TPSA) is 46.3 Å². The summed E-state index contributed by atoms with van der Waals surface area (Å²) in [4.78, 5) is 13.8. The van der Waals surface area contributed by atoms with E-state index in [1.807, 2.05) is 23.1 Å². The van der Waals surface area contributed by atoms with Gasteiger partial charge in [0, 0.05) is 12.2 Å². The van der Waals surface area contributed by atoms with Crippen molar-refractivity contribution in [3.05, 3.63) is 29.8 Å². The lowest BCUT2D eigenvalue weighted by molar-refractivity contribution is -0.118. The second kappa shape index (κ2) is 4.88. The molecule has 2 N–H and O–H groups in total. The minimum Gasteiger partial charge on any atom is -0.320 e. The van der Waals surface area contributed by atoms with Crippen molar-refractivity contribution in [3.63, 3.8) is 0 Å². The molecule has 1 aromatic rings. The Hall–Kier alpha value is -1.35. The Bertz CT molecular complexity index is 416. The van der Waals surface area contributed by atoms with Crippen LogP contribution in [0.2, 0.25) is 0 Å². The molecule has 0 bridgehead atoms. The van der Waals surface area contributed by atoms with E-state index in [0.29, 0.717) is 5.92 Å². The third-order valence-corrected chi connectivity index (χ3v) is 3.62. The Morgan fingerprint density at radius 1 is 1.47 bits per heavy atom. The van der Waals surface area contributed by atoms with Crippen LogP contribution in [0, 0.1) is 0 Å². The molecule has 2 atom stereocenters. The van der Waals surface area contributed by atoms with Gasteiger partial charge in [0.05, 0.1) is 6.04 Å². The van der Waals surface area contributed by atoms with Crippen LogP contribution >= 0.6 is 0 Å². The summed E-state index contributed by atoms with van der Waals surface area (Å²) in [6.07, 6.45) is 1.83. The lowest BCUT2D eigenvalue weighted by Gasteiger charge is -2.22. The first-order chi connectivity index (χ1) is 8.15. The predicted octanol–water partition coefficient (Wildman–Crippen LogP) is 2.26. The number of nitrogens with two attached hydrogens (primary N) is 1. The van der Waals surface area contributed by atoms with Gasteiger partial charge in [-0.15, -0.1) is 0 Å². The highest BCUT2D eigenvalue weighted by atomic mass is 16.2. The largest absolute Gasteiger partial charge is 0.320 e. The summed E-state index contributed by atoms with van der Waals surface area (Å²) in [5, 5.41) is 0. The first-order valence-electron chi connectivity index (χ1n) is 6.31. The van der Waals surface area contributed by atoms with Gasteiger partial charge in [0.2, 0.25) is 5.91 Å². The zero-order valence-electron chi connectivity index (χ0n) is 10.5. The van der Waals surface area contributed by atoms with Gasteiger partial charge in [0.1, 0.15) is 0 Å². The van der Waals surface area contributed by atoms with E-state index in [9.17, 15) is 4.79 Å². The fraction of sp³-hybridized carbons (Fsp3) is 0.500. The summed E-state index contributed by atoms with van der Waals surface area (Å²) in [5.41, 5.74) is 8.06. The highest BCUT2D eigenvalue weighted by Gasteiger charge is 2.31. The van der Waals surface area contributed by atoms with E-state index in [0.717, 1.165) is 25.1 Å². The summed E-state index contributed by atoms with van der Waals surface area (Å²) >= 11 is 0. The van der Waals surface area contributed by atoms with Crippen molar-refractivity contribution in [2.24, 2.45) is 5.73 Å². The molecule has 0 aliphatic carbocycles. The van der Waals surface area contributed by atoms with Crippen molar-refractivity contribution in [2.45, 2.75) is 38.6 Å². The molecule has 17 heavy (non-hydrogen) atoms. The molecule has 92 valence electrons. The van der Waals surface area contributed by atoms with Gasteiger partial charge in [-0.3, -0.25) is 4.79 Å². The minimum absolute atomic E-state index is 0.0563. The van der Waals surface area contributed by atoms with Gasteiger partial charge in [0.15, 0.2) is 0 Å². The summed E-state index contributed by atoms with van der Waals surface area (Å²) < 4.78 is 0. The molecule has 3 heteroatoms. The molecule has 0 saturated carbocycles. The van der Waals surface area contributed by atoms with Gasteiger partial charge < -0.3 is 10.6 Å². The molecule has 3 nitrogen and oxygen atoms in total. The highest BCUT2D eigenvalue weighted by molar-refractivity contribution is 5.99. The third-order valence-electron chi connectivity index (χ3n) is 3.62. The molecule has 1 amide bonds. The van der Waals surface area contributed by atoms with Crippen molar-refractivity contribution >= 4 is 11.6 Å². The monoisotopic (exact) mass is 232 g/mol. The predicted molar refractivity (Wildman–Crippen MR) is 70.1 cm³/mol. The maximum atomic E-state index is 12.0. The van der Waals surface area contributed by atoms with Crippen LogP contribution < -0.4 is 10.6 Å². The number of amides is 1. The molecule has 1 aliphatic rings. The maximum Gasteiger partial charge on any atom is 0.243 e. The number of nitrogens with zero attached hydrogens (tertiary/aromatic N) is 1. The number of rotatable bonds is 3. The summed E-state index contributed by atoms with van der Waals surface area (Å²) in [5.74, 6) is 0.525. The van der Waals surface area contributed by atoms with Gasteiger partial charge in [-0.25, -0.2) is 0 Å². The number of benzene rings is 1. The van der Waals surface area contributed by atoms with Crippen LogP contribution in [-0.4, -0.2) is 18.5 Å². The van der Waals surface area contributed by atoms with E-state index in [-0.39, 0.29) is 11.9 Å². The van der Waals surface area contributed by atoms with Crippen LogP contribution in [-0.2, 0) is 4.79 Å². The van der Waals surface area contributed by atoms with E-state index < -0.39 is 0 Å². The van der Waals surface area contributed by atoms with Gasteiger partial charge in [-0.05, 0) is 30.4 Å². The van der Waals surface area contributed by atoms with Crippen molar-refractivity contribution < 1.29 is 4.79 Å². The molecule has 0 aromatic heterocycles. The second-order valence-corrected chi connectivity index (χ2v) is 4.75. The molecule has 1 aromatic carbocycles. The molecule has 1 aliphatic heterocycles. The Labute approximate surface area is 103 Å². The summed E-state index contributed by atoms with van der Waals surface area (Å²) in [7, 11) is 0. The lowest BCUT2D eigenvalue weighted by Crippen LogP contribution is -2.34. The van der Waals surface area contributed by atoms with Crippen LogP contribution in [0.5, 0.6) is 0 Å². The molecule has 2 unspecified atom stereocenters. The van der Waals surface area contributed by atoms with Crippen LogP contribution in [0.4, 0.5) is 5.69 Å². The van der Waals surface area contributed by atoms with Crippen LogP contribution in [0.1, 0.15) is 38.2 Å². The quantitative estimate of drug-likeness (QED) is 0.869. The molecule has 1 heterocycles. The molecular weight excluding hydrogens is 212 g/mol. The Morgan fingerprint density at radius 3 is 2.76 bits per heavy atom. The molecule has 1 saturated heterocycles. The molecule has 1 fully saturated rings. The average Bonchev–Trinajstić information content (AvgIpc) is 2.69. The molecular formula is C14H20N2O. The Morgan fingerprint density at radius 2 is 2.18 bits per heavy atom. The average molecular weight is 232 g/mol. The van der Waals surface area contributed by atoms with Crippen molar-refractivity contribution in [3.8, 4) is 0 Å². The number of para-hydroxylation sites is 1. The zero-order chi connectivity index (χ0) is 12.4. The SMILES string of the molecule is CCC(C)c1ccccc1N1CCC(N)C1=O. The lowest BCUT2D eigenvalue weighted by atomic mass is 9.96. The van der Waals surface area contributed by atoms with Crippen molar-refractivity contribution in [1.29, 1.82) is 0 Å². The van der Waals surface area contributed by atoms with Gasteiger partial charge in [0.25, 0.3) is 0 Å². The van der Waals surface area contributed by atoms with Crippen molar-refractivity contribution in [2.75, 3.05) is 11.4 Å². The molecule has 2 rings (SSSR count). The van der Waals surface area contributed by atoms with E-state index in [1.54, 1.807) is 0 Å². The van der Waals surface area contributed by atoms with Gasteiger partial charge >= 0.3 is 0 Å². The normalized spacial score (nSPS) is 21.9. The van der Waals surface area contributed by atoms with E-state index in [1.165, 1.54) is 5.56 Å². The zero-order valence-corrected chi connectivity index (χ0v) is 10.5. The highest BCUT2D eigenvalue weighted by Crippen LogP contribution is 2.31. The van der Waals surface area contributed by atoms with E-state index in [2.05, 4.69) is 19.9 Å². The van der Waals surface area contributed by atoms with Crippen LogP contribution in [0.3, 0.4) is 0 Å². The van der Waals surface area contributed by atoms with Crippen LogP contribution in [0.15, 0.2) is 24.3 Å². The molecule has 0 radical (unpaired) electrons. The first kappa shape index (κ1) is 12.1. The summed E-state index contributed by atoms with van der Waals surface area (Å²) in [6, 6.07) is 7.84. The van der Waals surface area contributed by atoms with E-state index in [4.69, 9.17) is 5.73 Å². The maximum absolute atomic E-state index is 12.0. The Kier molecular flexibility index (Phi) is 3.48. The smallest absolute Gasteiger partial charge is 0.243 e. The van der Waals surface area contributed by atoms with Crippen LogP contribution in [0.25, 0.3) is 0 Å². The van der Waals surface area contributed by atoms with Gasteiger partial charge in [-0.1, -0.05) is 32.0 Å². The number of carbonyl (C=O) groups is 1. The second-order valence-electron chi connectivity index (χ2n) is 4.75. The fourth-order valence-corrected chi connectivity index (χ4v) is 2.31. The third kappa shape index (κ3) is 2.20. The minimum atomic E-state index is -0.319. The standard InChI is InChI=1S/C14H20N2O/c1-3-10(2)11-6-4-5-7-13(11)16-9-8-12(15)14(16)17/h4-7,10,12H,3,8-9,15H2,1-2H3. The fourth-order valence-electron chi connectivity index (χ4n) is 2.31. The van der Waals surface area contributed by atoms with E-state index >= 15 is 0 Å². The number of anilines is 1. The summed E-state index contributed by atoms with van der Waals surface area (Å²) in [6.45, 7) is 5.10. The Balaban J connectivity index is 2.35. The number of carbonyl (C=O) groups excluding carboxylic acids is 1. The first-order valence-corrected chi connectivity index (χ1v) is 6.31.